The summed E-state index contributed by atoms with van der Waals surface area (Å²) in [7, 11) is 0. The lowest BCUT2D eigenvalue weighted by atomic mass is 10.2. The molecule has 0 bridgehead atoms. The highest BCUT2D eigenvalue weighted by atomic mass is 16.3. The molecule has 17 heavy (non-hydrogen) atoms. The third kappa shape index (κ3) is 2.71. The standard InChI is InChI=1S/C11H17N5O/c1-9(2)5-16-10(13-8-14-16)6-15-4-3-12-11(15)7-17/h3-4,8-9,17H,5-7H2,1-2H3. The van der Waals surface area contributed by atoms with Crippen molar-refractivity contribution < 1.29 is 5.11 Å². The van der Waals surface area contributed by atoms with Gasteiger partial charge in [0.1, 0.15) is 24.6 Å². The number of nitrogens with zero attached hydrogens (tertiary/aromatic N) is 5. The Labute approximate surface area is 99.9 Å². The Morgan fingerprint density at radius 3 is 2.82 bits per heavy atom. The van der Waals surface area contributed by atoms with Crippen LogP contribution in [0.4, 0.5) is 0 Å². The second-order valence-corrected chi connectivity index (χ2v) is 4.38. The Morgan fingerprint density at radius 2 is 2.12 bits per heavy atom. The van der Waals surface area contributed by atoms with Crippen molar-refractivity contribution >= 4 is 0 Å². The van der Waals surface area contributed by atoms with Crippen molar-refractivity contribution in [3.05, 3.63) is 30.4 Å². The molecule has 2 aromatic rings. The number of aliphatic hydroxyl groups is 1. The van der Waals surface area contributed by atoms with Crippen LogP contribution in [0.5, 0.6) is 0 Å². The summed E-state index contributed by atoms with van der Waals surface area (Å²) in [6.45, 7) is 5.65. The Balaban J connectivity index is 2.16. The molecule has 0 unspecified atom stereocenters. The fourth-order valence-electron chi connectivity index (χ4n) is 1.70. The second kappa shape index (κ2) is 5.09. The van der Waals surface area contributed by atoms with E-state index in [0.29, 0.717) is 18.3 Å². The SMILES string of the molecule is CC(C)Cn1ncnc1Cn1ccnc1CO. The lowest BCUT2D eigenvalue weighted by Crippen LogP contribution is -2.14. The van der Waals surface area contributed by atoms with Crippen molar-refractivity contribution in [1.82, 2.24) is 24.3 Å². The molecule has 0 spiro atoms. The predicted molar refractivity (Wildman–Crippen MR) is 62.1 cm³/mol. The fourth-order valence-corrected chi connectivity index (χ4v) is 1.70. The first-order valence-electron chi connectivity index (χ1n) is 5.68. The Morgan fingerprint density at radius 1 is 1.29 bits per heavy atom. The monoisotopic (exact) mass is 235 g/mol. The molecule has 2 rings (SSSR count). The van der Waals surface area contributed by atoms with Crippen molar-refractivity contribution in [1.29, 1.82) is 0 Å². The zero-order chi connectivity index (χ0) is 12.3. The number of hydrogen-bond donors (Lipinski definition) is 1. The van der Waals surface area contributed by atoms with Crippen molar-refractivity contribution in [3.8, 4) is 0 Å². The van der Waals surface area contributed by atoms with Gasteiger partial charge in [-0.2, -0.15) is 5.10 Å². The van der Waals surface area contributed by atoms with Crippen LogP contribution < -0.4 is 0 Å². The molecule has 0 amide bonds. The molecule has 0 radical (unpaired) electrons. The van der Waals surface area contributed by atoms with E-state index < -0.39 is 0 Å². The summed E-state index contributed by atoms with van der Waals surface area (Å²) in [5, 5.41) is 13.3. The van der Waals surface area contributed by atoms with Crippen LogP contribution in [0, 0.1) is 5.92 Å². The van der Waals surface area contributed by atoms with Crippen LogP contribution in [-0.4, -0.2) is 29.4 Å². The zero-order valence-corrected chi connectivity index (χ0v) is 10.1. The summed E-state index contributed by atoms with van der Waals surface area (Å²) in [6, 6.07) is 0. The van der Waals surface area contributed by atoms with E-state index in [4.69, 9.17) is 5.11 Å². The number of hydrogen-bond acceptors (Lipinski definition) is 4. The molecule has 0 aliphatic carbocycles. The van der Waals surface area contributed by atoms with E-state index in [-0.39, 0.29) is 6.61 Å². The molecule has 6 heteroatoms. The number of aliphatic hydroxyl groups excluding tert-OH is 1. The predicted octanol–water partition coefficient (Wildman–Crippen LogP) is 0.671. The molecule has 0 saturated heterocycles. The molecule has 6 nitrogen and oxygen atoms in total. The number of rotatable bonds is 5. The van der Waals surface area contributed by atoms with Gasteiger partial charge in [-0.1, -0.05) is 13.8 Å². The Hall–Kier alpha value is -1.69. The zero-order valence-electron chi connectivity index (χ0n) is 10.1. The van der Waals surface area contributed by atoms with Gasteiger partial charge in [-0.25, -0.2) is 14.6 Å². The highest BCUT2D eigenvalue weighted by Crippen LogP contribution is 2.05. The van der Waals surface area contributed by atoms with E-state index >= 15 is 0 Å². The summed E-state index contributed by atoms with van der Waals surface area (Å²) in [6.07, 6.45) is 5.07. The maximum atomic E-state index is 9.12. The smallest absolute Gasteiger partial charge is 0.146 e. The van der Waals surface area contributed by atoms with E-state index in [2.05, 4.69) is 28.9 Å². The van der Waals surface area contributed by atoms with E-state index in [1.54, 1.807) is 12.5 Å². The molecule has 1 N–H and O–H groups in total. The highest BCUT2D eigenvalue weighted by molar-refractivity contribution is 4.96. The Kier molecular flexibility index (Phi) is 3.53. The van der Waals surface area contributed by atoms with Gasteiger partial charge in [-0.05, 0) is 5.92 Å². The Bertz CT molecular complexity index is 474. The van der Waals surface area contributed by atoms with Gasteiger partial charge in [0.05, 0.1) is 6.54 Å². The van der Waals surface area contributed by atoms with Crippen LogP contribution in [-0.2, 0) is 19.7 Å². The average Bonchev–Trinajstić information content (AvgIpc) is 2.88. The van der Waals surface area contributed by atoms with Crippen molar-refractivity contribution in [2.75, 3.05) is 0 Å². The van der Waals surface area contributed by atoms with E-state index in [1.165, 1.54) is 0 Å². The first-order chi connectivity index (χ1) is 8.20. The molecule has 0 saturated carbocycles. The largest absolute Gasteiger partial charge is 0.388 e. The van der Waals surface area contributed by atoms with Gasteiger partial charge in [-0.3, -0.25) is 0 Å². The summed E-state index contributed by atoms with van der Waals surface area (Å²) >= 11 is 0. The van der Waals surface area contributed by atoms with Gasteiger partial charge >= 0.3 is 0 Å². The van der Waals surface area contributed by atoms with E-state index in [1.807, 2.05) is 15.4 Å². The molecule has 92 valence electrons. The van der Waals surface area contributed by atoms with E-state index in [9.17, 15) is 0 Å². The van der Waals surface area contributed by atoms with Crippen LogP contribution in [0.1, 0.15) is 25.5 Å². The molecular weight excluding hydrogens is 218 g/mol. The van der Waals surface area contributed by atoms with Crippen LogP contribution in [0.15, 0.2) is 18.7 Å². The van der Waals surface area contributed by atoms with Gasteiger partial charge in [0, 0.05) is 18.9 Å². The molecule has 2 aromatic heterocycles. The fraction of sp³-hybridized carbons (Fsp3) is 0.545. The van der Waals surface area contributed by atoms with Crippen molar-refractivity contribution in [2.24, 2.45) is 5.92 Å². The van der Waals surface area contributed by atoms with E-state index in [0.717, 1.165) is 12.4 Å². The van der Waals surface area contributed by atoms with Gasteiger partial charge in [-0.15, -0.1) is 0 Å². The molecule has 0 aliphatic heterocycles. The minimum absolute atomic E-state index is 0.0642. The second-order valence-electron chi connectivity index (χ2n) is 4.38. The lowest BCUT2D eigenvalue weighted by Gasteiger charge is -2.10. The van der Waals surface area contributed by atoms with Crippen LogP contribution >= 0.6 is 0 Å². The maximum absolute atomic E-state index is 9.12. The molecule has 0 atom stereocenters. The lowest BCUT2D eigenvalue weighted by molar-refractivity contribution is 0.265. The van der Waals surface area contributed by atoms with Crippen LogP contribution in [0.3, 0.4) is 0 Å². The molecule has 0 aromatic carbocycles. The molecular formula is C11H17N5O. The normalized spacial score (nSPS) is 11.3. The minimum Gasteiger partial charge on any atom is -0.388 e. The summed E-state index contributed by atoms with van der Waals surface area (Å²) in [5.41, 5.74) is 0. The molecule has 2 heterocycles. The van der Waals surface area contributed by atoms with Gasteiger partial charge < -0.3 is 9.67 Å². The summed E-state index contributed by atoms with van der Waals surface area (Å²) < 4.78 is 3.77. The van der Waals surface area contributed by atoms with Gasteiger partial charge in [0.25, 0.3) is 0 Å². The third-order valence-electron chi connectivity index (χ3n) is 2.49. The topological polar surface area (TPSA) is 68.8 Å². The number of imidazole rings is 1. The quantitative estimate of drug-likeness (QED) is 0.827. The third-order valence-corrected chi connectivity index (χ3v) is 2.49. The average molecular weight is 235 g/mol. The molecule has 0 aliphatic rings. The van der Waals surface area contributed by atoms with Gasteiger partial charge in [0.2, 0.25) is 0 Å². The minimum atomic E-state index is -0.0642. The first-order valence-corrected chi connectivity index (χ1v) is 5.68. The maximum Gasteiger partial charge on any atom is 0.146 e. The van der Waals surface area contributed by atoms with Crippen LogP contribution in [0.25, 0.3) is 0 Å². The van der Waals surface area contributed by atoms with Gasteiger partial charge in [0.15, 0.2) is 0 Å². The highest BCUT2D eigenvalue weighted by Gasteiger charge is 2.09. The van der Waals surface area contributed by atoms with Crippen LogP contribution in [0.2, 0.25) is 0 Å². The van der Waals surface area contributed by atoms with Crippen molar-refractivity contribution in [2.45, 2.75) is 33.5 Å². The first kappa shape index (κ1) is 11.8. The molecule has 0 fully saturated rings. The number of aromatic nitrogens is 5. The summed E-state index contributed by atoms with van der Waals surface area (Å²) in [4.78, 5) is 8.30. The summed E-state index contributed by atoms with van der Waals surface area (Å²) in [5.74, 6) is 2.05. The van der Waals surface area contributed by atoms with Crippen molar-refractivity contribution in [3.63, 3.8) is 0 Å².